The van der Waals surface area contributed by atoms with Crippen LogP contribution in [-0.4, -0.2) is 18.4 Å². The zero-order valence-corrected chi connectivity index (χ0v) is 12.1. The number of hydrogen-bond donors (Lipinski definition) is 0. The zero-order valence-electron chi connectivity index (χ0n) is 11.4. The highest BCUT2D eigenvalue weighted by molar-refractivity contribution is 6.32. The number of hydrogen-bond acceptors (Lipinski definition) is 2. The lowest BCUT2D eigenvalue weighted by Gasteiger charge is -2.25. The quantitative estimate of drug-likeness (QED) is 0.606. The molecule has 0 fully saturated rings. The van der Waals surface area contributed by atoms with Crippen LogP contribution in [0.25, 0.3) is 0 Å². The van der Waals surface area contributed by atoms with Crippen LogP contribution in [0.2, 0.25) is 0 Å². The molecule has 0 saturated carbocycles. The Morgan fingerprint density at radius 2 is 1.83 bits per heavy atom. The third-order valence-electron chi connectivity index (χ3n) is 2.89. The molecule has 1 aromatic rings. The molecule has 1 unspecified atom stereocenters. The Morgan fingerprint density at radius 1 is 1.33 bits per heavy atom. The summed E-state index contributed by atoms with van der Waals surface area (Å²) in [6, 6.07) is 6.02. The number of carbonyl (C=O) groups is 1. The van der Waals surface area contributed by atoms with Crippen molar-refractivity contribution in [1.29, 1.82) is 0 Å². The summed E-state index contributed by atoms with van der Waals surface area (Å²) in [5.74, 6) is -0.241. The molecule has 0 aliphatic heterocycles. The topological polar surface area (TPSA) is 29.5 Å². The fraction of sp³-hybridized carbons (Fsp3) is 0.500. The molecule has 1 aromatic carbocycles. The van der Waals surface area contributed by atoms with Gasteiger partial charge in [0.2, 0.25) is 0 Å². The van der Waals surface area contributed by atoms with E-state index in [2.05, 4.69) is 13.8 Å². The third kappa shape index (κ3) is 3.03. The minimum atomic E-state index is -0.612. The van der Waals surface area contributed by atoms with E-state index < -0.39 is 5.38 Å². The summed E-state index contributed by atoms with van der Waals surface area (Å²) in [4.78, 5) is 17.3. The van der Waals surface area contributed by atoms with Crippen molar-refractivity contribution >= 4 is 23.2 Å². The van der Waals surface area contributed by atoms with Gasteiger partial charge in [0.1, 0.15) is 5.38 Å². The average molecular weight is 270 g/mol. The van der Waals surface area contributed by atoms with Gasteiger partial charge in [-0.1, -0.05) is 32.0 Å². The van der Waals surface area contributed by atoms with Crippen LogP contribution in [0.5, 0.6) is 0 Å². The molecule has 4 heteroatoms. The van der Waals surface area contributed by atoms with E-state index in [0.717, 1.165) is 29.7 Å². The van der Waals surface area contributed by atoms with Gasteiger partial charge in [-0.05, 0) is 30.9 Å². The molecule has 18 heavy (non-hydrogen) atoms. The minimum Gasteiger partial charge on any atom is -0.270 e. The maximum absolute atomic E-state index is 12.1. The van der Waals surface area contributed by atoms with E-state index in [4.69, 9.17) is 16.4 Å². The number of nitrogens with zero attached hydrogens (tertiary/aromatic N) is 1. The normalized spacial score (nSPS) is 12.3. The van der Waals surface area contributed by atoms with E-state index in [0.29, 0.717) is 0 Å². The summed E-state index contributed by atoms with van der Waals surface area (Å²) in [6.07, 6.45) is 1.68. The molecule has 0 aliphatic carbocycles. The fourth-order valence-electron chi connectivity index (χ4n) is 1.93. The van der Waals surface area contributed by atoms with Gasteiger partial charge in [0.05, 0.1) is 12.8 Å². The molecule has 0 N–H and O–H groups in total. The van der Waals surface area contributed by atoms with E-state index in [-0.39, 0.29) is 5.91 Å². The van der Waals surface area contributed by atoms with Gasteiger partial charge < -0.3 is 0 Å². The van der Waals surface area contributed by atoms with Gasteiger partial charge in [-0.25, -0.2) is 0 Å². The SMILES string of the molecule is CCc1cccc(CC)c1N(OC)C(=O)C(C)Cl. The number of benzene rings is 1. The van der Waals surface area contributed by atoms with E-state index in [1.165, 1.54) is 12.2 Å². The lowest BCUT2D eigenvalue weighted by molar-refractivity contribution is -0.124. The second-order valence-corrected chi connectivity index (χ2v) is 4.72. The Morgan fingerprint density at radius 3 is 2.17 bits per heavy atom. The van der Waals surface area contributed by atoms with Crippen LogP contribution in [-0.2, 0) is 22.5 Å². The number of aryl methyl sites for hydroxylation is 2. The lowest BCUT2D eigenvalue weighted by atomic mass is 10.0. The van der Waals surface area contributed by atoms with Crippen LogP contribution < -0.4 is 5.06 Å². The monoisotopic (exact) mass is 269 g/mol. The summed E-state index contributed by atoms with van der Waals surface area (Å²) < 4.78 is 0. The van der Waals surface area contributed by atoms with Crippen molar-refractivity contribution in [1.82, 2.24) is 0 Å². The summed E-state index contributed by atoms with van der Waals surface area (Å²) in [7, 11) is 1.49. The number of carbonyl (C=O) groups excluding carboxylic acids is 1. The average Bonchev–Trinajstić information content (AvgIpc) is 2.39. The maximum Gasteiger partial charge on any atom is 0.268 e. The number of amides is 1. The summed E-state index contributed by atoms with van der Waals surface area (Å²) in [6.45, 7) is 5.76. The van der Waals surface area contributed by atoms with Crippen molar-refractivity contribution in [3.05, 3.63) is 29.3 Å². The number of para-hydroxylation sites is 1. The zero-order chi connectivity index (χ0) is 13.7. The van der Waals surface area contributed by atoms with Gasteiger partial charge in [-0.3, -0.25) is 9.63 Å². The van der Waals surface area contributed by atoms with E-state index >= 15 is 0 Å². The molecular formula is C14H20ClNO2. The first-order chi connectivity index (χ1) is 8.56. The van der Waals surface area contributed by atoms with Crippen molar-refractivity contribution < 1.29 is 9.63 Å². The van der Waals surface area contributed by atoms with Crippen LogP contribution in [0.1, 0.15) is 31.9 Å². The Labute approximate surface area is 114 Å². The smallest absolute Gasteiger partial charge is 0.268 e. The Balaban J connectivity index is 3.31. The highest BCUT2D eigenvalue weighted by atomic mass is 35.5. The van der Waals surface area contributed by atoms with Crippen molar-refractivity contribution in [2.24, 2.45) is 0 Å². The highest BCUT2D eigenvalue weighted by Gasteiger charge is 2.24. The molecule has 3 nitrogen and oxygen atoms in total. The molecular weight excluding hydrogens is 250 g/mol. The van der Waals surface area contributed by atoms with Gasteiger partial charge in [-0.2, -0.15) is 5.06 Å². The molecule has 100 valence electrons. The molecule has 0 radical (unpaired) electrons. The molecule has 0 bridgehead atoms. The molecule has 1 atom stereocenters. The Kier molecular flexibility index (Phi) is 5.63. The molecule has 0 spiro atoms. The van der Waals surface area contributed by atoms with Gasteiger partial charge in [0.25, 0.3) is 5.91 Å². The van der Waals surface area contributed by atoms with Crippen LogP contribution in [0.15, 0.2) is 18.2 Å². The van der Waals surface area contributed by atoms with Crippen molar-refractivity contribution in [3.63, 3.8) is 0 Å². The van der Waals surface area contributed by atoms with Gasteiger partial charge >= 0.3 is 0 Å². The van der Waals surface area contributed by atoms with Crippen molar-refractivity contribution in [3.8, 4) is 0 Å². The molecule has 0 aromatic heterocycles. The Hall–Kier alpha value is -1.06. The number of rotatable bonds is 5. The number of hydroxylamine groups is 1. The first-order valence-electron chi connectivity index (χ1n) is 6.19. The molecule has 0 aliphatic rings. The molecule has 1 rings (SSSR count). The Bertz CT molecular complexity index is 396. The van der Waals surface area contributed by atoms with E-state index in [9.17, 15) is 4.79 Å². The van der Waals surface area contributed by atoms with Crippen molar-refractivity contribution in [2.45, 2.75) is 39.0 Å². The molecule has 0 saturated heterocycles. The second-order valence-electron chi connectivity index (χ2n) is 4.06. The maximum atomic E-state index is 12.1. The second kappa shape index (κ2) is 6.76. The first kappa shape index (κ1) is 15.0. The molecule has 1 amide bonds. The van der Waals surface area contributed by atoms with Crippen LogP contribution >= 0.6 is 11.6 Å². The van der Waals surface area contributed by atoms with Crippen LogP contribution in [0.4, 0.5) is 5.69 Å². The number of alkyl halides is 1. The summed E-state index contributed by atoms with van der Waals surface area (Å²) >= 11 is 5.87. The van der Waals surface area contributed by atoms with Gasteiger partial charge in [0.15, 0.2) is 0 Å². The highest BCUT2D eigenvalue weighted by Crippen LogP contribution is 2.28. The predicted molar refractivity (Wildman–Crippen MR) is 75.0 cm³/mol. The standard InChI is InChI=1S/C14H20ClNO2/c1-5-11-8-7-9-12(6-2)13(11)16(18-4)14(17)10(3)15/h7-10H,5-6H2,1-4H3. The number of anilines is 1. The number of halogens is 1. The van der Waals surface area contributed by atoms with E-state index in [1.807, 2.05) is 18.2 Å². The largest absolute Gasteiger partial charge is 0.270 e. The van der Waals surface area contributed by atoms with Crippen LogP contribution in [0, 0.1) is 0 Å². The van der Waals surface area contributed by atoms with Crippen LogP contribution in [0.3, 0.4) is 0 Å². The summed E-state index contributed by atoms with van der Waals surface area (Å²) in [5.41, 5.74) is 3.01. The fourth-order valence-corrected chi connectivity index (χ4v) is 2.02. The summed E-state index contributed by atoms with van der Waals surface area (Å²) in [5, 5.41) is 0.703. The van der Waals surface area contributed by atoms with E-state index in [1.54, 1.807) is 6.92 Å². The first-order valence-corrected chi connectivity index (χ1v) is 6.63. The predicted octanol–water partition coefficient (Wildman–Crippen LogP) is 3.33. The van der Waals surface area contributed by atoms with Gasteiger partial charge in [0, 0.05) is 0 Å². The lowest BCUT2D eigenvalue weighted by Crippen LogP contribution is -2.36. The van der Waals surface area contributed by atoms with Crippen molar-refractivity contribution in [2.75, 3.05) is 12.2 Å². The molecule has 0 heterocycles. The van der Waals surface area contributed by atoms with Gasteiger partial charge in [-0.15, -0.1) is 11.6 Å². The third-order valence-corrected chi connectivity index (χ3v) is 3.08. The minimum absolute atomic E-state index is 0.241.